The monoisotopic (exact) mass is 232 g/mol. The van der Waals surface area contributed by atoms with Gasteiger partial charge in [0.25, 0.3) is 0 Å². The largest absolute Gasteiger partial charge is 0.353 e. The molecule has 0 aromatic carbocycles. The molecule has 0 heterocycles. The van der Waals surface area contributed by atoms with Crippen molar-refractivity contribution in [3.8, 4) is 0 Å². The zero-order valence-corrected chi connectivity index (χ0v) is 11.1. The minimum Gasteiger partial charge on any atom is -0.353 e. The summed E-state index contributed by atoms with van der Waals surface area (Å²) in [6.45, 7) is 8.10. The molecule has 0 spiro atoms. The van der Waals surface area contributed by atoms with Crippen LogP contribution in [0.1, 0.15) is 40.5 Å². The van der Waals surface area contributed by atoms with Crippen LogP contribution >= 0.6 is 11.8 Å². The molecule has 0 aromatic rings. The van der Waals surface area contributed by atoms with Gasteiger partial charge in [-0.25, -0.2) is 0 Å². The van der Waals surface area contributed by atoms with E-state index in [0.717, 1.165) is 18.6 Å². The third-order valence-electron chi connectivity index (χ3n) is 1.84. The van der Waals surface area contributed by atoms with Crippen molar-refractivity contribution in [1.82, 2.24) is 5.32 Å². The van der Waals surface area contributed by atoms with Crippen molar-refractivity contribution in [2.24, 2.45) is 5.73 Å². The van der Waals surface area contributed by atoms with Crippen molar-refractivity contribution in [3.05, 3.63) is 0 Å². The van der Waals surface area contributed by atoms with E-state index in [1.807, 2.05) is 20.8 Å². The smallest absolute Gasteiger partial charge is 0.230 e. The second-order valence-electron chi connectivity index (χ2n) is 4.74. The van der Waals surface area contributed by atoms with E-state index in [1.165, 1.54) is 0 Å². The molecule has 3 nitrogen and oxygen atoms in total. The van der Waals surface area contributed by atoms with Crippen LogP contribution in [0.25, 0.3) is 0 Å². The standard InChI is InChI=1S/C11H24N2OS/c1-5-6-9(2)13-10(14)7-15-8-11(3,4)12/h9H,5-8,12H2,1-4H3,(H,13,14). The van der Waals surface area contributed by atoms with Gasteiger partial charge in [0.1, 0.15) is 0 Å². The molecule has 0 fully saturated rings. The Morgan fingerprint density at radius 3 is 2.60 bits per heavy atom. The van der Waals surface area contributed by atoms with E-state index in [2.05, 4.69) is 12.2 Å². The zero-order chi connectivity index (χ0) is 11.9. The summed E-state index contributed by atoms with van der Waals surface area (Å²) in [5, 5.41) is 2.97. The van der Waals surface area contributed by atoms with Crippen LogP contribution in [0.15, 0.2) is 0 Å². The number of rotatable bonds is 7. The highest BCUT2D eigenvalue weighted by Gasteiger charge is 2.12. The second kappa shape index (κ2) is 7.12. The summed E-state index contributed by atoms with van der Waals surface area (Å²) in [7, 11) is 0. The van der Waals surface area contributed by atoms with E-state index >= 15 is 0 Å². The highest BCUT2D eigenvalue weighted by Crippen LogP contribution is 2.09. The third kappa shape index (κ3) is 10.1. The molecule has 0 saturated heterocycles. The molecule has 15 heavy (non-hydrogen) atoms. The predicted molar refractivity (Wildman–Crippen MR) is 68.1 cm³/mol. The molecular formula is C11H24N2OS. The Morgan fingerprint density at radius 1 is 1.53 bits per heavy atom. The van der Waals surface area contributed by atoms with E-state index in [0.29, 0.717) is 5.75 Å². The fourth-order valence-corrected chi connectivity index (χ4v) is 2.13. The normalized spacial score (nSPS) is 13.7. The molecule has 0 radical (unpaired) electrons. The lowest BCUT2D eigenvalue weighted by molar-refractivity contribution is -0.119. The highest BCUT2D eigenvalue weighted by atomic mass is 32.2. The summed E-state index contributed by atoms with van der Waals surface area (Å²) >= 11 is 1.59. The molecule has 0 aliphatic heterocycles. The molecule has 3 N–H and O–H groups in total. The summed E-state index contributed by atoms with van der Waals surface area (Å²) < 4.78 is 0. The van der Waals surface area contributed by atoms with Crippen molar-refractivity contribution < 1.29 is 4.79 Å². The van der Waals surface area contributed by atoms with Gasteiger partial charge in [0.15, 0.2) is 0 Å². The number of hydrogen-bond donors (Lipinski definition) is 2. The molecule has 90 valence electrons. The Labute approximate surface area is 97.6 Å². The molecule has 1 unspecified atom stereocenters. The van der Waals surface area contributed by atoms with Crippen molar-refractivity contribution in [2.45, 2.75) is 52.1 Å². The maximum Gasteiger partial charge on any atom is 0.230 e. The maximum absolute atomic E-state index is 11.4. The first kappa shape index (κ1) is 14.8. The lowest BCUT2D eigenvalue weighted by atomic mass is 10.1. The van der Waals surface area contributed by atoms with Gasteiger partial charge in [-0.1, -0.05) is 13.3 Å². The molecular weight excluding hydrogens is 208 g/mol. The lowest BCUT2D eigenvalue weighted by Gasteiger charge is -2.18. The van der Waals surface area contributed by atoms with Crippen molar-refractivity contribution in [3.63, 3.8) is 0 Å². The Balaban J connectivity index is 3.58. The molecule has 0 aliphatic rings. The summed E-state index contributed by atoms with van der Waals surface area (Å²) in [6, 6.07) is 0.286. The lowest BCUT2D eigenvalue weighted by Crippen LogP contribution is -2.37. The van der Waals surface area contributed by atoms with Gasteiger partial charge in [-0.3, -0.25) is 4.79 Å². The van der Waals surface area contributed by atoms with Gasteiger partial charge >= 0.3 is 0 Å². The average molecular weight is 232 g/mol. The number of carbonyl (C=O) groups excluding carboxylic acids is 1. The fourth-order valence-electron chi connectivity index (χ4n) is 1.23. The molecule has 1 atom stereocenters. The Bertz CT molecular complexity index is 190. The first-order valence-electron chi connectivity index (χ1n) is 5.51. The molecule has 4 heteroatoms. The zero-order valence-electron chi connectivity index (χ0n) is 10.3. The van der Waals surface area contributed by atoms with Crippen LogP contribution in [0.5, 0.6) is 0 Å². The second-order valence-corrected chi connectivity index (χ2v) is 5.72. The van der Waals surface area contributed by atoms with Gasteiger partial charge in [-0.2, -0.15) is 11.8 Å². The maximum atomic E-state index is 11.4. The summed E-state index contributed by atoms with van der Waals surface area (Å²) in [6.07, 6.45) is 2.14. The molecule has 0 rings (SSSR count). The topological polar surface area (TPSA) is 55.1 Å². The fraction of sp³-hybridized carbons (Fsp3) is 0.909. The van der Waals surface area contributed by atoms with E-state index in [9.17, 15) is 4.79 Å². The van der Waals surface area contributed by atoms with Crippen molar-refractivity contribution >= 4 is 17.7 Å². The summed E-state index contributed by atoms with van der Waals surface area (Å²) in [5.41, 5.74) is 5.62. The van der Waals surface area contributed by atoms with Gasteiger partial charge < -0.3 is 11.1 Å². The molecule has 0 aromatic heterocycles. The van der Waals surface area contributed by atoms with E-state index in [1.54, 1.807) is 11.8 Å². The van der Waals surface area contributed by atoms with Crippen LogP contribution in [-0.4, -0.2) is 29.0 Å². The van der Waals surface area contributed by atoms with Crippen LogP contribution in [0.2, 0.25) is 0 Å². The number of nitrogens with two attached hydrogens (primary N) is 1. The van der Waals surface area contributed by atoms with Crippen molar-refractivity contribution in [1.29, 1.82) is 0 Å². The number of thioether (sulfide) groups is 1. The van der Waals surface area contributed by atoms with E-state index in [4.69, 9.17) is 5.73 Å². The van der Waals surface area contributed by atoms with Crippen LogP contribution in [0.3, 0.4) is 0 Å². The van der Waals surface area contributed by atoms with Gasteiger partial charge in [0.2, 0.25) is 5.91 Å². The average Bonchev–Trinajstić information content (AvgIpc) is 2.01. The van der Waals surface area contributed by atoms with Crippen LogP contribution in [0.4, 0.5) is 0 Å². The van der Waals surface area contributed by atoms with Gasteiger partial charge in [0, 0.05) is 17.3 Å². The summed E-state index contributed by atoms with van der Waals surface area (Å²) in [4.78, 5) is 11.4. The Morgan fingerprint density at radius 2 is 2.13 bits per heavy atom. The SMILES string of the molecule is CCCC(C)NC(=O)CSCC(C)(C)N. The first-order chi connectivity index (χ1) is 6.85. The minimum atomic E-state index is -0.194. The Kier molecular flexibility index (Phi) is 7.02. The number of amides is 1. The number of hydrogen-bond acceptors (Lipinski definition) is 3. The van der Waals surface area contributed by atoms with Crippen molar-refractivity contribution in [2.75, 3.05) is 11.5 Å². The van der Waals surface area contributed by atoms with Crippen LogP contribution in [0, 0.1) is 0 Å². The molecule has 0 saturated carbocycles. The predicted octanol–water partition coefficient (Wildman–Crippen LogP) is 1.76. The number of carbonyl (C=O) groups is 1. The quantitative estimate of drug-likeness (QED) is 0.703. The Hall–Kier alpha value is -0.220. The van der Waals surface area contributed by atoms with Crippen LogP contribution in [-0.2, 0) is 4.79 Å². The number of nitrogens with one attached hydrogen (secondary N) is 1. The highest BCUT2D eigenvalue weighted by molar-refractivity contribution is 8.00. The first-order valence-corrected chi connectivity index (χ1v) is 6.66. The van der Waals surface area contributed by atoms with Gasteiger partial charge in [-0.15, -0.1) is 0 Å². The van der Waals surface area contributed by atoms with E-state index < -0.39 is 0 Å². The summed E-state index contributed by atoms with van der Waals surface area (Å²) in [5.74, 6) is 1.43. The molecule has 0 bridgehead atoms. The van der Waals surface area contributed by atoms with Gasteiger partial charge in [-0.05, 0) is 27.2 Å². The molecule has 0 aliphatic carbocycles. The van der Waals surface area contributed by atoms with Gasteiger partial charge in [0.05, 0.1) is 5.75 Å². The van der Waals surface area contributed by atoms with Crippen LogP contribution < -0.4 is 11.1 Å². The third-order valence-corrected chi connectivity index (χ3v) is 3.25. The van der Waals surface area contributed by atoms with E-state index in [-0.39, 0.29) is 17.5 Å². The molecule has 1 amide bonds. The minimum absolute atomic E-state index is 0.116.